The summed E-state index contributed by atoms with van der Waals surface area (Å²) >= 11 is 1.79. The minimum Gasteiger partial charge on any atom is -0.497 e. The molecule has 1 amide bonds. The van der Waals surface area contributed by atoms with Gasteiger partial charge in [0.15, 0.2) is 23.1 Å². The molecule has 2 unspecified atom stereocenters. The third kappa shape index (κ3) is 24.7. The van der Waals surface area contributed by atoms with Gasteiger partial charge in [0.25, 0.3) is 5.91 Å². The van der Waals surface area contributed by atoms with E-state index in [2.05, 4.69) is 46.8 Å². The predicted molar refractivity (Wildman–Crippen MR) is 536 cm³/mol. The Labute approximate surface area is 839 Å². The van der Waals surface area contributed by atoms with Crippen LogP contribution in [0.4, 0.5) is 0 Å². The van der Waals surface area contributed by atoms with Crippen LogP contribution in [0, 0.1) is 0 Å². The standard InChI is InChI=1S/C21H33N3O4S.C19H24N4O4S.C16H20N2O3.C15H20N2O4S.C14H20N2O4S.C14H20N2O3S2/c1-17(25)18-7-9-20(10-8-18)29(26,27)24-19(6-4-5-15-23(2)3)16-28-21(24)11-13-22-14-12-21;1-14(24)15-2-4-18(5-3-15)28(25,26)23-17(10-16-11-21-13-22-16)12-27-19(23)6-8-20-9-7-19;1-12(19)13-2-4-14(5-3-13)15(20)18-10-11-21-16(18)6-8-17-9-7-16;1-12(18)13-2-4-14(5-3-13)22(19,20)17-10-11-21-15(17)6-8-16-9-7-15;2*1-19-12-2-4-13(5-3-12)21(17,18)16-10-11-20-14(16)6-8-15-9-7-14/h7-10,19,22H,4-6,11-16H2,1-3H3;2-5,11,13,17,20H,6-10,12H2,1H3,(H,21,22);2-5,17H,6-11H2,1H3;2-5,16H,6-11H2,1H3;2*2-5,15H,6-11H2,1H3. The SMILES string of the molecule is CC(=O)c1ccc(C(=O)N2CCOC23CCNCC3)cc1.CC(=O)c1ccc(S(=O)(=O)N2C(CCCCN(C)C)COC23CCNCC3)cc1.CC(=O)c1ccc(S(=O)(=O)N2C(Cc3cnc[nH]3)COC23CCNCC3)cc1.CC(=O)c1ccc(S(=O)(=O)N2CCOC23CCNCC3)cc1.COc1ccc(S(=O)(=O)N2CCOC23CCNCC3)cc1.COc1ccc(S(=O)(=O)N2CCSC23CCNCC3)cc1. The number of aromatic amines is 1. The zero-order chi connectivity index (χ0) is 101. The Morgan fingerprint density at radius 3 is 1.08 bits per heavy atom. The van der Waals surface area contributed by atoms with Crippen LogP contribution in [0.25, 0.3) is 0 Å². The fourth-order valence-electron chi connectivity index (χ4n) is 20.7. The molecule has 6 spiro atoms. The molecule has 12 saturated heterocycles. The number of unbranched alkanes of at least 4 members (excludes halogenated alkanes) is 1. The number of carbonyl (C=O) groups is 5. The highest BCUT2D eigenvalue weighted by Crippen LogP contribution is 2.48. The van der Waals surface area contributed by atoms with Crippen molar-refractivity contribution < 1.29 is 99.2 Å². The van der Waals surface area contributed by atoms with E-state index in [1.807, 2.05) is 19.0 Å². The van der Waals surface area contributed by atoms with Crippen molar-refractivity contribution in [1.29, 1.82) is 0 Å². The number of methoxy groups -OCH3 is 2. The van der Waals surface area contributed by atoms with Crippen LogP contribution in [0.15, 0.2) is 183 Å². The van der Waals surface area contributed by atoms with E-state index in [1.54, 1.807) is 173 Å². The monoisotopic (exact) mass is 2080 g/mol. The van der Waals surface area contributed by atoms with E-state index >= 15 is 0 Å². The summed E-state index contributed by atoms with van der Waals surface area (Å²) in [6.45, 7) is 20.6. The van der Waals surface area contributed by atoms with Gasteiger partial charge in [-0.25, -0.2) is 47.1 Å². The average molecular weight is 2080 g/mol. The number of piperidine rings is 6. The molecule has 0 radical (unpaired) electrons. The lowest BCUT2D eigenvalue weighted by Gasteiger charge is -2.41. The number of ketones is 4. The molecule has 2 atom stereocenters. The number of rotatable bonds is 24. The second kappa shape index (κ2) is 47.7. The Morgan fingerprint density at radius 1 is 0.387 bits per heavy atom. The maximum atomic E-state index is 13.7. The molecule has 43 heteroatoms. The number of hydrogen-bond donors (Lipinski definition) is 7. The van der Waals surface area contributed by atoms with Crippen molar-refractivity contribution in [2.24, 2.45) is 0 Å². The van der Waals surface area contributed by atoms with Crippen LogP contribution in [-0.4, -0.2) is 336 Å². The number of hydrogen-bond acceptors (Lipinski definition) is 31. The molecular formula is C99H137N15O22S6. The molecular weight excluding hydrogens is 1940 g/mol. The molecule has 0 saturated carbocycles. The van der Waals surface area contributed by atoms with Gasteiger partial charge in [-0.1, -0.05) is 55.0 Å². The number of imidazole rings is 1. The van der Waals surface area contributed by atoms with Crippen molar-refractivity contribution in [1.82, 2.24) is 73.2 Å². The number of benzene rings is 6. The van der Waals surface area contributed by atoms with Crippen LogP contribution in [-0.2, 0) is 80.2 Å². The topological polar surface area (TPSA) is 444 Å². The molecule has 0 aliphatic carbocycles. The number of nitrogens with zero attached hydrogens (tertiary/aromatic N) is 8. The van der Waals surface area contributed by atoms with Crippen LogP contribution in [0.5, 0.6) is 11.5 Å². The maximum absolute atomic E-state index is 13.7. The first-order chi connectivity index (χ1) is 67.9. The molecule has 1 aromatic heterocycles. The average Bonchev–Trinajstić information content (AvgIpc) is 1.56. The van der Waals surface area contributed by atoms with Gasteiger partial charge in [0, 0.05) is 142 Å². The highest BCUT2D eigenvalue weighted by molar-refractivity contribution is 8.02. The Hall–Kier alpha value is -8.30. The second-order valence-electron chi connectivity index (χ2n) is 37.6. The van der Waals surface area contributed by atoms with E-state index < -0.39 is 78.7 Å². The molecule has 19 rings (SSSR count). The number of sulfonamides is 5. The molecule has 12 aliphatic heterocycles. The van der Waals surface area contributed by atoms with Crippen molar-refractivity contribution in [3.8, 4) is 11.5 Å². The van der Waals surface area contributed by atoms with Gasteiger partial charge in [0.2, 0.25) is 50.1 Å². The molecule has 776 valence electrons. The van der Waals surface area contributed by atoms with Crippen LogP contribution in [0.3, 0.4) is 0 Å². The highest BCUT2D eigenvalue weighted by Gasteiger charge is 2.58. The molecule has 12 fully saturated rings. The number of aromatic nitrogens is 2. The lowest BCUT2D eigenvalue weighted by Crippen LogP contribution is -2.56. The van der Waals surface area contributed by atoms with Gasteiger partial charge in [0.05, 0.1) is 95.0 Å². The molecule has 142 heavy (non-hydrogen) atoms. The summed E-state index contributed by atoms with van der Waals surface area (Å²) in [4.78, 5) is 70.5. The number of Topliss-reactive ketones (excluding diaryl/α,β-unsaturated/α-hetero) is 4. The fraction of sp³-hybridized carbons (Fsp3) is 0.556. The number of ether oxygens (including phenoxy) is 7. The third-order valence-corrected chi connectivity index (χ3v) is 40.0. The first-order valence-electron chi connectivity index (χ1n) is 48.9. The first-order valence-corrected chi connectivity index (χ1v) is 57.0. The lowest BCUT2D eigenvalue weighted by atomic mass is 9.99. The molecule has 0 bridgehead atoms. The van der Waals surface area contributed by atoms with Gasteiger partial charge in [-0.3, -0.25) is 24.0 Å². The van der Waals surface area contributed by atoms with E-state index in [0.717, 1.165) is 128 Å². The second-order valence-corrected chi connectivity index (χ2v) is 48.3. The van der Waals surface area contributed by atoms with Crippen molar-refractivity contribution in [3.63, 3.8) is 0 Å². The summed E-state index contributed by atoms with van der Waals surface area (Å²) < 4.78 is 180. The van der Waals surface area contributed by atoms with E-state index in [4.69, 9.17) is 33.2 Å². The van der Waals surface area contributed by atoms with E-state index in [-0.39, 0.29) is 65.6 Å². The summed E-state index contributed by atoms with van der Waals surface area (Å²) in [6, 6.07) is 38.1. The molecule has 12 aliphatic rings. The van der Waals surface area contributed by atoms with E-state index in [9.17, 15) is 66.1 Å². The van der Waals surface area contributed by atoms with Crippen LogP contribution < -0.4 is 41.4 Å². The van der Waals surface area contributed by atoms with Crippen LogP contribution >= 0.6 is 11.8 Å². The van der Waals surface area contributed by atoms with Crippen molar-refractivity contribution in [2.75, 3.05) is 178 Å². The zero-order valence-corrected chi connectivity index (χ0v) is 87.2. The first kappa shape index (κ1) is 109. The minimum absolute atomic E-state index is 0.00771. The zero-order valence-electron chi connectivity index (χ0n) is 82.3. The van der Waals surface area contributed by atoms with E-state index in [0.29, 0.717) is 174 Å². The smallest absolute Gasteiger partial charge is 0.256 e. The Balaban J connectivity index is 0.000000136. The van der Waals surface area contributed by atoms with E-state index in [1.165, 1.54) is 60.6 Å². The van der Waals surface area contributed by atoms with Gasteiger partial charge >= 0.3 is 0 Å². The maximum Gasteiger partial charge on any atom is 0.256 e. The number of amides is 1. The van der Waals surface area contributed by atoms with Crippen LogP contribution in [0.1, 0.15) is 181 Å². The number of nitrogens with one attached hydrogen (secondary N) is 7. The lowest BCUT2D eigenvalue weighted by molar-refractivity contribution is -0.0873. The molecule has 13 heterocycles. The summed E-state index contributed by atoms with van der Waals surface area (Å²) in [5.41, 5.74) is 0.170. The number of H-pyrrole nitrogens is 1. The quantitative estimate of drug-likeness (QED) is 0.0221. The van der Waals surface area contributed by atoms with Crippen molar-refractivity contribution >= 4 is 90.9 Å². The molecule has 7 aromatic rings. The van der Waals surface area contributed by atoms with Gasteiger partial charge in [-0.2, -0.15) is 21.5 Å². The Kier molecular flexibility index (Phi) is 36.7. The summed E-state index contributed by atoms with van der Waals surface area (Å²) in [7, 11) is -10.9. The third-order valence-electron chi connectivity index (χ3n) is 28.4. The van der Waals surface area contributed by atoms with Gasteiger partial charge < -0.3 is 79.8 Å². The van der Waals surface area contributed by atoms with Gasteiger partial charge in [-0.15, -0.1) is 11.8 Å². The van der Waals surface area contributed by atoms with Crippen molar-refractivity contribution in [3.05, 3.63) is 192 Å². The predicted octanol–water partition coefficient (Wildman–Crippen LogP) is 8.15. The normalized spacial score (nSPS) is 22.2. The molecule has 7 N–H and O–H groups in total. The summed E-state index contributed by atoms with van der Waals surface area (Å²) in [5, 5.41) is 19.7. The minimum atomic E-state index is -3.81. The largest absolute Gasteiger partial charge is 0.497 e. The molecule has 6 aromatic carbocycles. The Morgan fingerprint density at radius 2 is 0.711 bits per heavy atom. The summed E-state index contributed by atoms with van der Waals surface area (Å²) in [5.74, 6) is 1.92. The highest BCUT2D eigenvalue weighted by atomic mass is 32.2. The fourth-order valence-corrected chi connectivity index (χ4v) is 31.6. The van der Waals surface area contributed by atoms with Crippen molar-refractivity contribution in [2.45, 2.75) is 200 Å². The number of carbonyl (C=O) groups excluding carboxylic acids is 5. The Bertz CT molecular complexity index is 5920. The molecule has 37 nitrogen and oxygen atoms in total. The van der Waals surface area contributed by atoms with Crippen LogP contribution in [0.2, 0.25) is 0 Å². The van der Waals surface area contributed by atoms with Gasteiger partial charge in [0.1, 0.15) is 40.1 Å². The van der Waals surface area contributed by atoms with Gasteiger partial charge in [-0.05, 0) is 250 Å². The number of thioether (sulfide) groups is 1. The summed E-state index contributed by atoms with van der Waals surface area (Å²) in [6.07, 6.45) is 15.1.